The van der Waals surface area contributed by atoms with Crippen molar-refractivity contribution in [2.45, 2.75) is 13.8 Å². The predicted molar refractivity (Wildman–Crippen MR) is 94.8 cm³/mol. The summed E-state index contributed by atoms with van der Waals surface area (Å²) in [6.45, 7) is 3.85. The molecular weight excluding hydrogens is 284 g/mol. The molecule has 0 aliphatic rings. The quantitative estimate of drug-likeness (QED) is 0.568. The highest BCUT2D eigenvalue weighted by atomic mass is 16.2. The normalized spacial score (nSPS) is 11.5. The van der Waals surface area contributed by atoms with Gasteiger partial charge in [0.15, 0.2) is 0 Å². The zero-order chi connectivity index (χ0) is 16.2. The first-order chi connectivity index (χ1) is 11.1. The molecule has 114 valence electrons. The Hall–Kier alpha value is -2.94. The summed E-state index contributed by atoms with van der Waals surface area (Å²) in [6.07, 6.45) is 0. The van der Waals surface area contributed by atoms with Crippen molar-refractivity contribution in [1.82, 2.24) is 5.43 Å². The fourth-order valence-electron chi connectivity index (χ4n) is 2.46. The average molecular weight is 302 g/mol. The Labute approximate surface area is 135 Å². The van der Waals surface area contributed by atoms with E-state index in [1.807, 2.05) is 50.2 Å². The van der Waals surface area contributed by atoms with Crippen molar-refractivity contribution in [2.24, 2.45) is 5.10 Å². The van der Waals surface area contributed by atoms with Gasteiger partial charge in [-0.2, -0.15) is 5.10 Å². The number of carbonyl (C=O) groups excluding carboxylic acids is 1. The van der Waals surface area contributed by atoms with E-state index >= 15 is 0 Å². The van der Waals surface area contributed by atoms with Gasteiger partial charge in [-0.1, -0.05) is 54.1 Å². The molecule has 23 heavy (non-hydrogen) atoms. The zero-order valence-corrected chi connectivity index (χ0v) is 13.2. The first kappa shape index (κ1) is 15.0. The molecule has 3 rings (SSSR count). The minimum Gasteiger partial charge on any atom is -0.267 e. The topological polar surface area (TPSA) is 41.5 Å². The van der Waals surface area contributed by atoms with Crippen LogP contribution in [0.1, 0.15) is 28.4 Å². The van der Waals surface area contributed by atoms with Crippen LogP contribution in [-0.4, -0.2) is 11.6 Å². The van der Waals surface area contributed by atoms with Gasteiger partial charge < -0.3 is 0 Å². The number of nitrogens with zero attached hydrogens (tertiary/aromatic N) is 1. The zero-order valence-electron chi connectivity index (χ0n) is 13.2. The number of benzene rings is 3. The van der Waals surface area contributed by atoms with E-state index < -0.39 is 0 Å². The minimum atomic E-state index is -0.200. The molecule has 0 saturated heterocycles. The lowest BCUT2D eigenvalue weighted by Crippen LogP contribution is -2.19. The van der Waals surface area contributed by atoms with Gasteiger partial charge in [0, 0.05) is 5.56 Å². The van der Waals surface area contributed by atoms with Crippen LogP contribution in [0.15, 0.2) is 71.8 Å². The van der Waals surface area contributed by atoms with Crippen molar-refractivity contribution >= 4 is 22.4 Å². The van der Waals surface area contributed by atoms with Gasteiger partial charge in [-0.3, -0.25) is 4.79 Å². The molecule has 3 aromatic carbocycles. The highest BCUT2D eigenvalue weighted by Crippen LogP contribution is 2.16. The smallest absolute Gasteiger partial charge is 0.267 e. The summed E-state index contributed by atoms with van der Waals surface area (Å²) in [5.41, 5.74) is 6.05. The molecule has 0 aromatic heterocycles. The van der Waals surface area contributed by atoms with Gasteiger partial charge in [-0.05, 0) is 48.4 Å². The molecule has 0 heterocycles. The van der Waals surface area contributed by atoms with Gasteiger partial charge in [0.1, 0.15) is 0 Å². The molecule has 0 bridgehead atoms. The summed E-state index contributed by atoms with van der Waals surface area (Å²) in [7, 11) is 0. The Morgan fingerprint density at radius 2 is 1.65 bits per heavy atom. The van der Waals surface area contributed by atoms with Crippen LogP contribution in [0.3, 0.4) is 0 Å². The summed E-state index contributed by atoms with van der Waals surface area (Å²) in [6, 6.07) is 21.8. The first-order valence-corrected chi connectivity index (χ1v) is 7.54. The second-order valence-electron chi connectivity index (χ2n) is 5.57. The van der Waals surface area contributed by atoms with E-state index in [2.05, 4.69) is 34.8 Å². The molecule has 1 amide bonds. The number of aryl methyl sites for hydroxylation is 1. The van der Waals surface area contributed by atoms with Crippen LogP contribution in [0.2, 0.25) is 0 Å². The van der Waals surface area contributed by atoms with Crippen LogP contribution in [0.4, 0.5) is 0 Å². The Kier molecular flexibility index (Phi) is 4.20. The Morgan fingerprint density at radius 3 is 2.43 bits per heavy atom. The maximum atomic E-state index is 12.1. The third-order valence-corrected chi connectivity index (χ3v) is 3.77. The highest BCUT2D eigenvalue weighted by molar-refractivity contribution is 6.03. The van der Waals surface area contributed by atoms with E-state index in [9.17, 15) is 4.79 Å². The molecule has 0 aliphatic heterocycles. The van der Waals surface area contributed by atoms with E-state index in [4.69, 9.17) is 0 Å². The van der Waals surface area contributed by atoms with Crippen LogP contribution in [0.5, 0.6) is 0 Å². The Balaban J connectivity index is 1.79. The molecule has 1 N–H and O–H groups in total. The van der Waals surface area contributed by atoms with Crippen molar-refractivity contribution in [2.75, 3.05) is 0 Å². The van der Waals surface area contributed by atoms with Gasteiger partial charge in [0.25, 0.3) is 5.91 Å². The van der Waals surface area contributed by atoms with Crippen molar-refractivity contribution in [3.05, 3.63) is 83.4 Å². The van der Waals surface area contributed by atoms with E-state index in [1.165, 1.54) is 5.39 Å². The highest BCUT2D eigenvalue weighted by Gasteiger charge is 2.05. The number of fused-ring (bicyclic) bond motifs is 1. The van der Waals surface area contributed by atoms with Crippen LogP contribution < -0.4 is 5.43 Å². The third-order valence-electron chi connectivity index (χ3n) is 3.77. The third kappa shape index (κ3) is 3.46. The second-order valence-corrected chi connectivity index (χ2v) is 5.57. The number of hydrogen-bond donors (Lipinski definition) is 1. The van der Waals surface area contributed by atoms with Gasteiger partial charge in [0.05, 0.1) is 5.71 Å². The van der Waals surface area contributed by atoms with E-state index in [-0.39, 0.29) is 5.91 Å². The van der Waals surface area contributed by atoms with Crippen molar-refractivity contribution in [3.63, 3.8) is 0 Å². The molecule has 0 atom stereocenters. The fourth-order valence-corrected chi connectivity index (χ4v) is 2.46. The molecule has 3 nitrogen and oxygen atoms in total. The summed E-state index contributed by atoms with van der Waals surface area (Å²) in [5, 5.41) is 6.57. The van der Waals surface area contributed by atoms with Crippen molar-refractivity contribution < 1.29 is 4.79 Å². The molecule has 0 fully saturated rings. The van der Waals surface area contributed by atoms with Gasteiger partial charge >= 0.3 is 0 Å². The summed E-state index contributed by atoms with van der Waals surface area (Å²) in [4.78, 5) is 12.1. The van der Waals surface area contributed by atoms with Gasteiger partial charge in [-0.25, -0.2) is 5.43 Å². The molecule has 0 spiro atoms. The molecule has 0 saturated carbocycles. The molecular formula is C20H18N2O. The first-order valence-electron chi connectivity index (χ1n) is 7.54. The molecule has 3 heteroatoms. The van der Waals surface area contributed by atoms with Crippen molar-refractivity contribution in [1.29, 1.82) is 0 Å². The summed E-state index contributed by atoms with van der Waals surface area (Å²) < 4.78 is 0. The number of rotatable bonds is 3. The SMILES string of the molecule is C/C(=N/NC(=O)c1cccc(C)c1)c1ccc2ccccc2c1. The number of nitrogens with one attached hydrogen (secondary N) is 1. The van der Waals surface area contributed by atoms with Crippen molar-refractivity contribution in [3.8, 4) is 0 Å². The Bertz CT molecular complexity index is 897. The predicted octanol–water partition coefficient (Wildman–Crippen LogP) is 4.30. The number of hydrazone groups is 1. The standard InChI is InChI=1S/C20H18N2O/c1-14-6-5-9-19(12-14)20(23)22-21-15(2)17-11-10-16-7-3-4-8-18(16)13-17/h3-13H,1-2H3,(H,22,23)/b21-15-. The van der Waals surface area contributed by atoms with E-state index in [0.717, 1.165) is 22.2 Å². The molecule has 0 radical (unpaired) electrons. The van der Waals surface area contributed by atoms with Crippen LogP contribution in [0.25, 0.3) is 10.8 Å². The van der Waals surface area contributed by atoms with Crippen LogP contribution in [0, 0.1) is 6.92 Å². The lowest BCUT2D eigenvalue weighted by molar-refractivity contribution is 0.0954. The van der Waals surface area contributed by atoms with Gasteiger partial charge in [0.2, 0.25) is 0 Å². The van der Waals surface area contributed by atoms with Crippen LogP contribution >= 0.6 is 0 Å². The van der Waals surface area contributed by atoms with Gasteiger partial charge in [-0.15, -0.1) is 0 Å². The van der Waals surface area contributed by atoms with E-state index in [1.54, 1.807) is 6.07 Å². The summed E-state index contributed by atoms with van der Waals surface area (Å²) >= 11 is 0. The maximum absolute atomic E-state index is 12.1. The number of amides is 1. The maximum Gasteiger partial charge on any atom is 0.271 e. The van der Waals surface area contributed by atoms with Crippen LogP contribution in [-0.2, 0) is 0 Å². The fraction of sp³-hybridized carbons (Fsp3) is 0.100. The Morgan fingerprint density at radius 1 is 0.870 bits per heavy atom. The second kappa shape index (κ2) is 6.44. The minimum absolute atomic E-state index is 0.200. The lowest BCUT2D eigenvalue weighted by Gasteiger charge is -2.05. The van der Waals surface area contributed by atoms with E-state index in [0.29, 0.717) is 5.56 Å². The number of carbonyl (C=O) groups is 1. The monoisotopic (exact) mass is 302 g/mol. The summed E-state index contributed by atoms with van der Waals surface area (Å²) in [5.74, 6) is -0.200. The molecule has 3 aromatic rings. The molecule has 0 aliphatic carbocycles. The largest absolute Gasteiger partial charge is 0.271 e. The number of hydrogen-bond acceptors (Lipinski definition) is 2. The lowest BCUT2D eigenvalue weighted by atomic mass is 10.0. The average Bonchev–Trinajstić information content (AvgIpc) is 2.59. The molecule has 0 unspecified atom stereocenters.